The first kappa shape index (κ1) is 24.2. The molecule has 0 aliphatic carbocycles. The van der Waals surface area contributed by atoms with E-state index in [1.807, 2.05) is 30.6 Å². The van der Waals surface area contributed by atoms with Gasteiger partial charge in [0.05, 0.1) is 23.4 Å². The molecule has 36 heavy (non-hydrogen) atoms. The number of aromatic nitrogens is 3. The summed E-state index contributed by atoms with van der Waals surface area (Å²) in [5.74, 6) is 1.38. The van der Waals surface area contributed by atoms with Crippen molar-refractivity contribution in [1.29, 1.82) is 0 Å². The van der Waals surface area contributed by atoms with Crippen LogP contribution in [0.1, 0.15) is 35.6 Å². The number of ether oxygens (including phenoxy) is 1. The number of hydrogen-bond acceptors (Lipinski definition) is 5. The Bertz CT molecular complexity index is 1300. The fraction of sp³-hybridized carbons (Fsp3) is 0.333. The summed E-state index contributed by atoms with van der Waals surface area (Å²) >= 11 is 0. The van der Waals surface area contributed by atoms with Crippen molar-refractivity contribution in [2.75, 3.05) is 26.2 Å². The Labute approximate surface area is 213 Å². The maximum Gasteiger partial charge on any atom is 0.219 e. The summed E-state index contributed by atoms with van der Waals surface area (Å²) in [6, 6.07) is 21.1. The highest BCUT2D eigenvalue weighted by molar-refractivity contribution is 5.77. The molecule has 1 aliphatic heterocycles. The van der Waals surface area contributed by atoms with Crippen LogP contribution in [0.5, 0.6) is 11.6 Å². The molecular formula is C30H35N5O. The van der Waals surface area contributed by atoms with Crippen LogP contribution in [0.25, 0.3) is 22.6 Å². The molecule has 186 valence electrons. The van der Waals surface area contributed by atoms with Gasteiger partial charge in [-0.25, -0.2) is 9.97 Å². The maximum absolute atomic E-state index is 6.21. The first-order valence-corrected chi connectivity index (χ1v) is 12.8. The normalized spacial score (nSPS) is 14.8. The van der Waals surface area contributed by atoms with Crippen molar-refractivity contribution in [3.05, 3.63) is 83.7 Å². The SMILES string of the molecule is Cc1ccc(-c2ncn(C3CCN(CCN)CC3)c2-c2cccc(Oc3cc(C)cc(C)c3)n2)cc1. The van der Waals surface area contributed by atoms with E-state index in [9.17, 15) is 0 Å². The zero-order valence-electron chi connectivity index (χ0n) is 21.4. The van der Waals surface area contributed by atoms with Crippen molar-refractivity contribution < 1.29 is 4.74 Å². The van der Waals surface area contributed by atoms with Gasteiger partial charge >= 0.3 is 0 Å². The first-order valence-electron chi connectivity index (χ1n) is 12.8. The molecule has 0 amide bonds. The number of nitrogens with two attached hydrogens (primary N) is 1. The summed E-state index contributed by atoms with van der Waals surface area (Å²) in [6.45, 7) is 10.0. The zero-order chi connectivity index (χ0) is 25.1. The van der Waals surface area contributed by atoms with E-state index in [0.717, 1.165) is 60.9 Å². The molecule has 1 aliphatic rings. The average Bonchev–Trinajstić information content (AvgIpc) is 3.30. The second-order valence-electron chi connectivity index (χ2n) is 9.86. The lowest BCUT2D eigenvalue weighted by Gasteiger charge is -2.33. The Morgan fingerprint density at radius 1 is 0.917 bits per heavy atom. The molecule has 0 saturated carbocycles. The van der Waals surface area contributed by atoms with Crippen LogP contribution in [0.3, 0.4) is 0 Å². The molecule has 5 rings (SSSR count). The molecule has 1 fully saturated rings. The largest absolute Gasteiger partial charge is 0.439 e. The van der Waals surface area contributed by atoms with Gasteiger partial charge in [0.1, 0.15) is 5.75 Å². The van der Waals surface area contributed by atoms with Crippen molar-refractivity contribution in [1.82, 2.24) is 19.4 Å². The molecule has 2 aromatic heterocycles. The summed E-state index contributed by atoms with van der Waals surface area (Å²) in [5, 5.41) is 0. The van der Waals surface area contributed by atoms with Crippen molar-refractivity contribution >= 4 is 0 Å². The molecule has 0 bridgehead atoms. The number of piperidine rings is 1. The molecule has 0 unspecified atom stereocenters. The molecule has 3 heterocycles. The fourth-order valence-electron chi connectivity index (χ4n) is 5.13. The van der Waals surface area contributed by atoms with Gasteiger partial charge in [-0.2, -0.15) is 0 Å². The summed E-state index contributed by atoms with van der Waals surface area (Å²) in [5.41, 5.74) is 13.3. The minimum absolute atomic E-state index is 0.367. The second-order valence-corrected chi connectivity index (χ2v) is 9.86. The molecular weight excluding hydrogens is 446 g/mol. The van der Waals surface area contributed by atoms with Gasteiger partial charge in [0.25, 0.3) is 0 Å². The first-order chi connectivity index (χ1) is 17.5. The van der Waals surface area contributed by atoms with Gasteiger partial charge in [-0.3, -0.25) is 0 Å². The highest BCUT2D eigenvalue weighted by Gasteiger charge is 2.25. The lowest BCUT2D eigenvalue weighted by molar-refractivity contribution is 0.191. The van der Waals surface area contributed by atoms with E-state index in [1.165, 1.54) is 16.7 Å². The standard InChI is InChI=1S/C30H35N5O/c1-21-7-9-24(10-8-21)29-30(35(20-32-29)25-11-14-34(15-12-25)16-13-31)27-5-4-6-28(33-27)36-26-18-22(2)17-23(3)19-26/h4-10,17-20,25H,11-16,31H2,1-3H3. The predicted octanol–water partition coefficient (Wildman–Crippen LogP) is 5.93. The van der Waals surface area contributed by atoms with Crippen LogP contribution in [0, 0.1) is 20.8 Å². The maximum atomic E-state index is 6.21. The summed E-state index contributed by atoms with van der Waals surface area (Å²) < 4.78 is 8.54. The second kappa shape index (κ2) is 10.6. The Kier molecular flexibility index (Phi) is 7.16. The van der Waals surface area contributed by atoms with E-state index in [0.29, 0.717) is 18.5 Å². The molecule has 1 saturated heterocycles. The van der Waals surface area contributed by atoms with Crippen molar-refractivity contribution in [2.24, 2.45) is 5.73 Å². The highest BCUT2D eigenvalue weighted by atomic mass is 16.5. The minimum atomic E-state index is 0.367. The number of benzene rings is 2. The molecule has 0 spiro atoms. The van der Waals surface area contributed by atoms with Crippen molar-refractivity contribution in [2.45, 2.75) is 39.7 Å². The predicted molar refractivity (Wildman–Crippen MR) is 145 cm³/mol. The van der Waals surface area contributed by atoms with Crippen LogP contribution in [-0.2, 0) is 0 Å². The Morgan fingerprint density at radius 3 is 2.33 bits per heavy atom. The number of pyridine rings is 1. The highest BCUT2D eigenvalue weighted by Crippen LogP contribution is 2.36. The van der Waals surface area contributed by atoms with Gasteiger partial charge in [0.15, 0.2) is 0 Å². The van der Waals surface area contributed by atoms with Gasteiger partial charge in [-0.1, -0.05) is 42.0 Å². The van der Waals surface area contributed by atoms with Crippen LogP contribution >= 0.6 is 0 Å². The number of hydrogen-bond donors (Lipinski definition) is 1. The Morgan fingerprint density at radius 2 is 1.64 bits per heavy atom. The third-order valence-corrected chi connectivity index (χ3v) is 6.90. The summed E-state index contributed by atoms with van der Waals surface area (Å²) in [6.07, 6.45) is 4.12. The molecule has 4 aromatic rings. The van der Waals surface area contributed by atoms with Gasteiger partial charge in [0.2, 0.25) is 5.88 Å². The average molecular weight is 482 g/mol. The molecule has 6 heteroatoms. The monoisotopic (exact) mass is 481 g/mol. The lowest BCUT2D eigenvalue weighted by atomic mass is 10.0. The fourth-order valence-corrected chi connectivity index (χ4v) is 5.13. The minimum Gasteiger partial charge on any atom is -0.439 e. The van der Waals surface area contributed by atoms with Crippen LogP contribution in [0.4, 0.5) is 0 Å². The van der Waals surface area contributed by atoms with E-state index in [-0.39, 0.29) is 0 Å². The van der Waals surface area contributed by atoms with Crippen molar-refractivity contribution in [3.63, 3.8) is 0 Å². The molecule has 0 radical (unpaired) electrons. The van der Waals surface area contributed by atoms with E-state index < -0.39 is 0 Å². The Hall–Kier alpha value is -3.48. The third kappa shape index (κ3) is 5.35. The molecule has 0 atom stereocenters. The van der Waals surface area contributed by atoms with Crippen LogP contribution in [0.2, 0.25) is 0 Å². The lowest BCUT2D eigenvalue weighted by Crippen LogP contribution is -2.37. The number of likely N-dealkylation sites (tertiary alicyclic amines) is 1. The number of rotatable bonds is 7. The van der Waals surface area contributed by atoms with Gasteiger partial charge < -0.3 is 19.9 Å². The number of imidazole rings is 1. The molecule has 2 N–H and O–H groups in total. The van der Waals surface area contributed by atoms with Gasteiger partial charge in [-0.05, 0) is 62.9 Å². The van der Waals surface area contributed by atoms with E-state index in [4.69, 9.17) is 20.4 Å². The summed E-state index contributed by atoms with van der Waals surface area (Å²) in [4.78, 5) is 12.3. The smallest absolute Gasteiger partial charge is 0.219 e. The van der Waals surface area contributed by atoms with E-state index in [1.54, 1.807) is 0 Å². The van der Waals surface area contributed by atoms with Crippen LogP contribution < -0.4 is 10.5 Å². The number of nitrogens with zero attached hydrogens (tertiary/aromatic N) is 4. The summed E-state index contributed by atoms with van der Waals surface area (Å²) in [7, 11) is 0. The number of aryl methyl sites for hydroxylation is 3. The van der Waals surface area contributed by atoms with Crippen LogP contribution in [-0.4, -0.2) is 45.6 Å². The van der Waals surface area contributed by atoms with Gasteiger partial charge in [-0.15, -0.1) is 0 Å². The topological polar surface area (TPSA) is 69.2 Å². The quantitative estimate of drug-likeness (QED) is 0.355. The van der Waals surface area contributed by atoms with Crippen LogP contribution in [0.15, 0.2) is 67.0 Å². The molecule has 2 aromatic carbocycles. The Balaban J connectivity index is 1.52. The zero-order valence-corrected chi connectivity index (χ0v) is 21.4. The van der Waals surface area contributed by atoms with Crippen molar-refractivity contribution in [3.8, 4) is 34.3 Å². The van der Waals surface area contributed by atoms with E-state index >= 15 is 0 Å². The molecule has 6 nitrogen and oxygen atoms in total. The van der Waals surface area contributed by atoms with Gasteiger partial charge in [0, 0.05) is 43.9 Å². The van der Waals surface area contributed by atoms with E-state index in [2.05, 4.69) is 66.6 Å². The third-order valence-electron chi connectivity index (χ3n) is 6.90.